The Bertz CT molecular complexity index is 338. The van der Waals surface area contributed by atoms with Crippen LogP contribution in [0.5, 0.6) is 0 Å². The molecule has 0 fully saturated rings. The van der Waals surface area contributed by atoms with Gasteiger partial charge in [0.1, 0.15) is 0 Å². The van der Waals surface area contributed by atoms with Gasteiger partial charge in [-0.1, -0.05) is 30.3 Å². The van der Waals surface area contributed by atoms with Crippen LogP contribution in [-0.4, -0.2) is 31.1 Å². The molecule has 0 aliphatic carbocycles. The van der Waals surface area contributed by atoms with Gasteiger partial charge >= 0.3 is 12.1 Å². The summed E-state index contributed by atoms with van der Waals surface area (Å²) in [5.41, 5.74) is 5.16. The van der Waals surface area contributed by atoms with Crippen LogP contribution < -0.4 is 5.73 Å². The van der Waals surface area contributed by atoms with E-state index < -0.39 is 12.1 Å². The van der Waals surface area contributed by atoms with Gasteiger partial charge in [-0.05, 0) is 12.6 Å². The van der Waals surface area contributed by atoms with E-state index in [2.05, 4.69) is 5.73 Å². The average Bonchev–Trinajstić information content (AvgIpc) is 2.30. The molecule has 0 aliphatic heterocycles. The van der Waals surface area contributed by atoms with Crippen molar-refractivity contribution in [2.45, 2.75) is 12.7 Å². The maximum atomic E-state index is 12.0. The Kier molecular flexibility index (Phi) is 6.27. The van der Waals surface area contributed by atoms with Crippen LogP contribution in [0.25, 0.3) is 0 Å². The molecule has 17 heavy (non-hydrogen) atoms. The molecule has 0 atom stereocenters. The van der Waals surface area contributed by atoms with E-state index in [9.17, 15) is 18.0 Å². The molecular formula is C11H15F3N2O. The fourth-order valence-corrected chi connectivity index (χ4v) is 1.15. The second-order valence-electron chi connectivity index (χ2n) is 3.14. The number of hydrogen-bond acceptors (Lipinski definition) is 2. The summed E-state index contributed by atoms with van der Waals surface area (Å²) in [4.78, 5) is 11.4. The zero-order chi connectivity index (χ0) is 13.5. The molecule has 0 unspecified atom stereocenters. The van der Waals surface area contributed by atoms with E-state index in [4.69, 9.17) is 0 Å². The molecule has 6 heteroatoms. The first-order valence-electron chi connectivity index (χ1n) is 4.85. The third kappa shape index (κ3) is 5.35. The summed E-state index contributed by atoms with van der Waals surface area (Å²) in [5.74, 6) is -1.83. The second kappa shape index (κ2) is 6.90. The molecule has 0 spiro atoms. The van der Waals surface area contributed by atoms with Crippen molar-refractivity contribution in [2.75, 3.05) is 14.1 Å². The van der Waals surface area contributed by atoms with Crippen molar-refractivity contribution in [3.8, 4) is 0 Å². The first-order valence-corrected chi connectivity index (χ1v) is 4.85. The van der Waals surface area contributed by atoms with Crippen molar-refractivity contribution in [3.63, 3.8) is 0 Å². The zero-order valence-corrected chi connectivity index (χ0v) is 9.66. The molecule has 2 N–H and O–H groups in total. The van der Waals surface area contributed by atoms with E-state index in [1.165, 1.54) is 7.05 Å². The minimum absolute atomic E-state index is 0.0425. The van der Waals surface area contributed by atoms with Gasteiger partial charge in [-0.2, -0.15) is 13.2 Å². The predicted molar refractivity (Wildman–Crippen MR) is 59.1 cm³/mol. The van der Waals surface area contributed by atoms with Crippen LogP contribution in [0.1, 0.15) is 5.56 Å². The smallest absolute Gasteiger partial charge is 0.334 e. The largest absolute Gasteiger partial charge is 0.471 e. The lowest BCUT2D eigenvalue weighted by molar-refractivity contribution is -0.184. The van der Waals surface area contributed by atoms with Gasteiger partial charge in [0, 0.05) is 13.6 Å². The number of rotatable bonds is 2. The summed E-state index contributed by atoms with van der Waals surface area (Å²) in [6.45, 7) is -0.0425. The summed E-state index contributed by atoms with van der Waals surface area (Å²) >= 11 is 0. The Balaban J connectivity index is 0.00000121. The molecule has 0 aromatic heterocycles. The Morgan fingerprint density at radius 2 is 1.71 bits per heavy atom. The van der Waals surface area contributed by atoms with E-state index in [0.717, 1.165) is 7.05 Å². The highest BCUT2D eigenvalue weighted by molar-refractivity contribution is 5.81. The van der Waals surface area contributed by atoms with Gasteiger partial charge in [-0.25, -0.2) is 0 Å². The molecule has 0 saturated carbocycles. The van der Waals surface area contributed by atoms with E-state index >= 15 is 0 Å². The molecule has 1 aromatic carbocycles. The first-order chi connectivity index (χ1) is 7.91. The van der Waals surface area contributed by atoms with Crippen LogP contribution in [-0.2, 0) is 11.3 Å². The lowest BCUT2D eigenvalue weighted by atomic mass is 10.2. The molecule has 0 saturated heterocycles. The van der Waals surface area contributed by atoms with Gasteiger partial charge in [-0.15, -0.1) is 0 Å². The average molecular weight is 248 g/mol. The number of amides is 1. The number of benzene rings is 1. The van der Waals surface area contributed by atoms with E-state index in [-0.39, 0.29) is 6.54 Å². The molecule has 1 rings (SSSR count). The number of carbonyl (C=O) groups excluding carboxylic acids is 1. The van der Waals surface area contributed by atoms with Gasteiger partial charge in [0.2, 0.25) is 0 Å². The van der Waals surface area contributed by atoms with Gasteiger partial charge in [-0.3, -0.25) is 4.79 Å². The summed E-state index contributed by atoms with van der Waals surface area (Å²) in [7, 11) is 2.63. The summed E-state index contributed by atoms with van der Waals surface area (Å²) in [6, 6.07) is 8.51. The SMILES string of the molecule is CN.CN(Cc1ccccc1)C(=O)C(F)(F)F. The number of hydrogen-bond donors (Lipinski definition) is 1. The Morgan fingerprint density at radius 3 is 2.12 bits per heavy atom. The minimum atomic E-state index is -4.80. The summed E-state index contributed by atoms with van der Waals surface area (Å²) in [5, 5.41) is 0. The van der Waals surface area contributed by atoms with Crippen LogP contribution in [0.4, 0.5) is 13.2 Å². The van der Waals surface area contributed by atoms with Crippen molar-refractivity contribution in [1.82, 2.24) is 4.90 Å². The highest BCUT2D eigenvalue weighted by atomic mass is 19.4. The van der Waals surface area contributed by atoms with Crippen molar-refractivity contribution in [1.29, 1.82) is 0 Å². The summed E-state index contributed by atoms with van der Waals surface area (Å²) in [6.07, 6.45) is -4.80. The fraction of sp³-hybridized carbons (Fsp3) is 0.364. The van der Waals surface area contributed by atoms with E-state index in [1.807, 2.05) is 0 Å². The lowest BCUT2D eigenvalue weighted by Crippen LogP contribution is -2.37. The monoisotopic (exact) mass is 248 g/mol. The van der Waals surface area contributed by atoms with Gasteiger partial charge in [0.25, 0.3) is 0 Å². The fourth-order valence-electron chi connectivity index (χ4n) is 1.15. The predicted octanol–water partition coefficient (Wildman–Crippen LogP) is 1.78. The lowest BCUT2D eigenvalue weighted by Gasteiger charge is -2.18. The highest BCUT2D eigenvalue weighted by Gasteiger charge is 2.41. The minimum Gasteiger partial charge on any atom is -0.334 e. The molecule has 3 nitrogen and oxygen atoms in total. The zero-order valence-electron chi connectivity index (χ0n) is 9.66. The summed E-state index contributed by atoms with van der Waals surface area (Å²) < 4.78 is 36.0. The Hall–Kier alpha value is -1.56. The molecule has 0 bridgehead atoms. The molecule has 1 aromatic rings. The maximum Gasteiger partial charge on any atom is 0.471 e. The third-order valence-corrected chi connectivity index (χ3v) is 1.85. The van der Waals surface area contributed by atoms with Crippen molar-refractivity contribution >= 4 is 5.91 Å². The molecule has 0 heterocycles. The van der Waals surface area contributed by atoms with Crippen molar-refractivity contribution in [3.05, 3.63) is 35.9 Å². The number of halogens is 3. The molecule has 0 radical (unpaired) electrons. The number of nitrogens with two attached hydrogens (primary N) is 1. The Labute approximate surface area is 98.0 Å². The van der Waals surface area contributed by atoms with Crippen LogP contribution in [0.3, 0.4) is 0 Å². The normalized spacial score (nSPS) is 10.2. The first kappa shape index (κ1) is 15.4. The van der Waals surface area contributed by atoms with Crippen LogP contribution in [0, 0.1) is 0 Å². The molecule has 96 valence electrons. The van der Waals surface area contributed by atoms with Crippen LogP contribution in [0.15, 0.2) is 30.3 Å². The third-order valence-electron chi connectivity index (χ3n) is 1.85. The maximum absolute atomic E-state index is 12.0. The van der Waals surface area contributed by atoms with E-state index in [0.29, 0.717) is 10.5 Å². The number of nitrogens with zero attached hydrogens (tertiary/aromatic N) is 1. The van der Waals surface area contributed by atoms with Gasteiger partial charge in [0.05, 0.1) is 0 Å². The van der Waals surface area contributed by atoms with Gasteiger partial charge in [0.15, 0.2) is 0 Å². The van der Waals surface area contributed by atoms with Crippen molar-refractivity contribution in [2.24, 2.45) is 5.73 Å². The quantitative estimate of drug-likeness (QED) is 0.867. The number of alkyl halides is 3. The number of carbonyl (C=O) groups is 1. The highest BCUT2D eigenvalue weighted by Crippen LogP contribution is 2.18. The van der Waals surface area contributed by atoms with Crippen LogP contribution in [0.2, 0.25) is 0 Å². The molecule has 1 amide bonds. The van der Waals surface area contributed by atoms with E-state index in [1.54, 1.807) is 30.3 Å². The van der Waals surface area contributed by atoms with Crippen LogP contribution >= 0.6 is 0 Å². The molecule has 0 aliphatic rings. The van der Waals surface area contributed by atoms with Gasteiger partial charge < -0.3 is 10.6 Å². The topological polar surface area (TPSA) is 46.3 Å². The Morgan fingerprint density at radius 1 is 1.24 bits per heavy atom. The standard InChI is InChI=1S/C10H10F3NO.CH5N/c1-14(9(15)10(11,12)13)7-8-5-3-2-4-6-8;1-2/h2-6H,7H2,1H3;2H2,1H3. The molecular weight excluding hydrogens is 233 g/mol. The van der Waals surface area contributed by atoms with Crippen molar-refractivity contribution < 1.29 is 18.0 Å². The second-order valence-corrected chi connectivity index (χ2v) is 3.14.